The van der Waals surface area contributed by atoms with Gasteiger partial charge in [0.15, 0.2) is 0 Å². The van der Waals surface area contributed by atoms with Crippen molar-refractivity contribution in [2.24, 2.45) is 44.3 Å². The second kappa shape index (κ2) is 17.0. The predicted octanol–water partition coefficient (Wildman–Crippen LogP) is 17.4. The minimum atomic E-state index is -1.80. The van der Waals surface area contributed by atoms with Gasteiger partial charge in [0.1, 0.15) is 5.58 Å². The van der Waals surface area contributed by atoms with E-state index in [-0.39, 0.29) is 40.4 Å². The van der Waals surface area contributed by atoms with Crippen molar-refractivity contribution in [3.8, 4) is 33.8 Å². The van der Waals surface area contributed by atoms with Crippen LogP contribution in [0.3, 0.4) is 0 Å². The Hall–Kier alpha value is -5.94. The molecule has 384 valence electrons. The second-order valence-corrected chi connectivity index (χ2v) is 26.7. The van der Waals surface area contributed by atoms with Crippen LogP contribution in [0.4, 0.5) is 0 Å². The second-order valence-electron chi connectivity index (χ2n) is 26.7. The molecule has 76 heavy (non-hydrogen) atoms. The van der Waals surface area contributed by atoms with Crippen molar-refractivity contribution >= 4 is 22.1 Å². The minimum absolute atomic E-state index is 0.0818. The number of benzene rings is 3. The molecule has 0 amide bonds. The van der Waals surface area contributed by atoms with E-state index in [0.29, 0.717) is 65.1 Å². The van der Waals surface area contributed by atoms with E-state index in [9.17, 15) is 11.0 Å². The number of aromatic nitrogens is 4. The van der Waals surface area contributed by atoms with Crippen LogP contribution in [0.1, 0.15) is 166 Å². The van der Waals surface area contributed by atoms with E-state index in [4.69, 9.17) is 24.4 Å². The maximum absolute atomic E-state index is 10.5. The predicted molar refractivity (Wildman–Crippen MR) is 306 cm³/mol. The summed E-state index contributed by atoms with van der Waals surface area (Å²) in [5, 5.41) is 1.47. The van der Waals surface area contributed by atoms with Crippen molar-refractivity contribution in [2.75, 3.05) is 0 Å². The highest BCUT2D eigenvalue weighted by Gasteiger charge is 2.63. The van der Waals surface area contributed by atoms with Gasteiger partial charge < -0.3 is 4.42 Å². The fourth-order valence-corrected chi connectivity index (χ4v) is 19.0. The Balaban J connectivity index is 0.881. The first-order valence-corrected chi connectivity index (χ1v) is 28.9. The van der Waals surface area contributed by atoms with Crippen LogP contribution < -0.4 is 0 Å². The number of hydrogen-bond acceptors (Lipinski definition) is 5. The van der Waals surface area contributed by atoms with Crippen LogP contribution in [0.15, 0.2) is 132 Å². The van der Waals surface area contributed by atoms with Crippen LogP contribution in [0, 0.1) is 51.2 Å². The third-order valence-corrected chi connectivity index (χ3v) is 20.9. The first-order valence-electron chi connectivity index (χ1n) is 32.9. The van der Waals surface area contributed by atoms with Gasteiger partial charge in [-0.1, -0.05) is 72.8 Å². The SMILES string of the molecule is [2H]C1([2H])CC23CC4CC5(CCc6ccc(cc6)-c6ccc(cn6)CCC67CC8CC(C6)(CC(C8)(C7)C([2H])([2H])Cc6ccc(nc6)-c6ccc(c7c6oc6nc(C)ccc67)C([2H])([2H])CC(C4)(C5)C2)C([2H])([2H])Cc2ccc(nc2)-c2ccc1cc2)C3. The lowest BCUT2D eigenvalue weighted by Crippen LogP contribution is -2.57. The zero-order valence-electron chi connectivity index (χ0n) is 52.1. The highest BCUT2D eigenvalue weighted by Crippen LogP contribution is 2.74. The van der Waals surface area contributed by atoms with Gasteiger partial charge in [0, 0.05) is 62.7 Å². The maximum Gasteiger partial charge on any atom is 0.227 e. The molecule has 8 atom stereocenters. The Morgan fingerprint density at radius 1 is 0.447 bits per heavy atom. The van der Waals surface area contributed by atoms with E-state index in [1.807, 2.05) is 98.3 Å². The minimum Gasteiger partial charge on any atom is -0.437 e. The fourth-order valence-electron chi connectivity index (χ4n) is 19.0. The molecule has 0 saturated heterocycles. The van der Waals surface area contributed by atoms with Crippen molar-refractivity contribution in [2.45, 2.75) is 161 Å². The van der Waals surface area contributed by atoms with Gasteiger partial charge in [0.05, 0.1) is 17.1 Å². The summed E-state index contributed by atoms with van der Waals surface area (Å²) in [6.07, 6.45) is 13.3. The lowest BCUT2D eigenvalue weighted by molar-refractivity contribution is -0.167. The lowest BCUT2D eigenvalue weighted by Gasteiger charge is -2.67. The van der Waals surface area contributed by atoms with Gasteiger partial charge in [0.25, 0.3) is 0 Å². The van der Waals surface area contributed by atoms with Crippen LogP contribution in [-0.4, -0.2) is 19.9 Å². The van der Waals surface area contributed by atoms with Crippen molar-refractivity contribution in [1.29, 1.82) is 0 Å². The normalized spacial score (nSPS) is 36.6. The summed E-state index contributed by atoms with van der Waals surface area (Å²) < 4.78 is 89.1. The Bertz CT molecular complexity index is 3940. The molecule has 6 spiro atoms. The molecule has 5 heteroatoms. The molecule has 5 nitrogen and oxygen atoms in total. The third-order valence-electron chi connectivity index (χ3n) is 20.9. The Labute approximate surface area is 461 Å². The van der Waals surface area contributed by atoms with E-state index in [2.05, 4.69) is 36.4 Å². The third kappa shape index (κ3) is 7.96. The van der Waals surface area contributed by atoms with Crippen LogP contribution in [0.2, 0.25) is 0 Å². The molecule has 8 aromatic rings. The zero-order valence-corrected chi connectivity index (χ0v) is 44.1. The van der Waals surface area contributed by atoms with Gasteiger partial charge in [-0.25, -0.2) is 4.98 Å². The average molecular weight is 1010 g/mol. The molecule has 12 aliphatic heterocycles. The molecule has 5 aromatic heterocycles. The molecule has 8 saturated carbocycles. The number of nitrogens with zero attached hydrogens (tertiary/aromatic N) is 4. The van der Waals surface area contributed by atoms with Crippen LogP contribution in [-0.2, 0) is 38.4 Å². The first kappa shape index (κ1) is 38.6. The van der Waals surface area contributed by atoms with E-state index < -0.39 is 36.3 Å². The monoisotopic (exact) mass is 1010 g/mol. The molecule has 17 aliphatic carbocycles. The van der Waals surface area contributed by atoms with Gasteiger partial charge in [-0.3, -0.25) is 15.0 Å². The quantitative estimate of drug-likeness (QED) is 0.151. The standard InChI is InChI=1S/C71H74N4O/c1-47-2-15-59-63-57-14-16-58(64(63)76-65(59)75-47)62-19-9-52(40-74-62)24-30-70-36-53-34-68(43-70)28-22-50-7-17-60(72-38-50)55-10-3-48(4-11-55)20-26-66-32-54-33-67(41-66,46-71(37-54,45-66)31-25-57)27-21-49-5-12-56(13-6-49)61-18-8-51(39-73-61)23-29-69(35-53,42-68)44-70/h2-19,38-40,53-54H,20-37,41-46H2,1H3/i20D2,25D2,28D2,30D2. The number of furan rings is 1. The van der Waals surface area contributed by atoms with Crippen LogP contribution >= 0.6 is 0 Å². The molecule has 8 unspecified atom stereocenters. The zero-order chi connectivity index (χ0) is 57.5. The molecular formula is C71H74N4O. The highest BCUT2D eigenvalue weighted by atomic mass is 16.3. The Morgan fingerprint density at radius 3 is 1.50 bits per heavy atom. The van der Waals surface area contributed by atoms with E-state index in [1.165, 1.54) is 5.56 Å². The van der Waals surface area contributed by atoms with Crippen molar-refractivity contribution in [3.63, 3.8) is 0 Å². The van der Waals surface area contributed by atoms with Crippen molar-refractivity contribution < 1.29 is 15.4 Å². The summed E-state index contributed by atoms with van der Waals surface area (Å²) in [5.41, 5.74) is 9.50. The van der Waals surface area contributed by atoms with Gasteiger partial charge in [-0.15, -0.1) is 0 Å². The molecular weight excluding hydrogens is 925 g/mol. The van der Waals surface area contributed by atoms with Crippen LogP contribution in [0.25, 0.3) is 55.8 Å². The summed E-state index contributed by atoms with van der Waals surface area (Å²) in [6, 6.07) is 37.1. The fraction of sp³-hybridized carbons (Fsp3) is 0.465. The van der Waals surface area contributed by atoms with Gasteiger partial charge in [-0.2, -0.15) is 0 Å². The number of fused-ring (bicyclic) bond motifs is 1. The topological polar surface area (TPSA) is 64.7 Å². The van der Waals surface area contributed by atoms with Gasteiger partial charge in [0.2, 0.25) is 5.71 Å². The molecule has 29 aliphatic rings. The number of rotatable bonds is 0. The van der Waals surface area contributed by atoms with Crippen LogP contribution in [0.5, 0.6) is 0 Å². The smallest absolute Gasteiger partial charge is 0.227 e. The van der Waals surface area contributed by atoms with Gasteiger partial charge >= 0.3 is 0 Å². The molecule has 3 aromatic carbocycles. The molecule has 17 heterocycles. The molecule has 0 radical (unpaired) electrons. The largest absolute Gasteiger partial charge is 0.437 e. The molecule has 0 N–H and O–H groups in total. The van der Waals surface area contributed by atoms with Gasteiger partial charge in [-0.05, 0) is 275 Å². The molecule has 20 bridgehead atoms. The first-order chi connectivity index (χ1) is 40.0. The molecule has 8 fully saturated rings. The summed E-state index contributed by atoms with van der Waals surface area (Å²) in [7, 11) is 0. The van der Waals surface area contributed by atoms with E-state index in [0.717, 1.165) is 146 Å². The van der Waals surface area contributed by atoms with E-state index in [1.54, 1.807) is 0 Å². The number of hydrogen-bond donors (Lipinski definition) is 0. The summed E-state index contributed by atoms with van der Waals surface area (Å²) >= 11 is 0. The number of pyridine rings is 4. The Morgan fingerprint density at radius 2 is 0.921 bits per heavy atom. The number of aryl methyl sites for hydroxylation is 7. The van der Waals surface area contributed by atoms with Crippen molar-refractivity contribution in [3.05, 3.63) is 167 Å². The lowest BCUT2D eigenvalue weighted by atomic mass is 9.37. The molecule has 37 rings (SSSR count). The average Bonchev–Trinajstić information content (AvgIpc) is 0.940. The summed E-state index contributed by atoms with van der Waals surface area (Å²) in [5.74, 6) is 0.543. The van der Waals surface area contributed by atoms with E-state index >= 15 is 0 Å². The summed E-state index contributed by atoms with van der Waals surface area (Å²) in [6.45, 7) is 1.94. The van der Waals surface area contributed by atoms with Crippen molar-refractivity contribution in [1.82, 2.24) is 19.9 Å². The Kier molecular flexibility index (Phi) is 8.65. The highest BCUT2D eigenvalue weighted by molar-refractivity contribution is 6.10. The summed E-state index contributed by atoms with van der Waals surface area (Å²) in [4.78, 5) is 20.0. The maximum atomic E-state index is 10.5.